The second kappa shape index (κ2) is 7.46. The summed E-state index contributed by atoms with van der Waals surface area (Å²) < 4.78 is 2.52. The number of carbonyl (C=O) groups excluding carboxylic acids is 1. The van der Waals surface area contributed by atoms with Crippen LogP contribution in [0.25, 0.3) is 21.2 Å². The molecule has 1 aliphatic rings. The highest BCUT2D eigenvalue weighted by atomic mass is 32.1. The second-order valence-electron chi connectivity index (χ2n) is 7.20. The lowest BCUT2D eigenvalue weighted by atomic mass is 10.1. The molecule has 28 heavy (non-hydrogen) atoms. The van der Waals surface area contributed by atoms with E-state index in [0.717, 1.165) is 40.2 Å². The van der Waals surface area contributed by atoms with Crippen LogP contribution in [0.2, 0.25) is 0 Å². The minimum atomic E-state index is -0.262. The molecule has 1 unspecified atom stereocenters. The number of rotatable bonds is 4. The standard InChI is InChI=1S/C20H22N4O3S/c1-12(25)22-18-7-13(3-5-21-18)17-11-23(2)20(27)16-8-15(28-19(16)17)10-24-6-4-14(26)9-24/h3,5,7-8,11,14,26H,4,6,9-10H2,1-2H3,(H,21,22,25). The Morgan fingerprint density at radius 2 is 2.25 bits per heavy atom. The van der Waals surface area contributed by atoms with E-state index in [1.165, 1.54) is 6.92 Å². The smallest absolute Gasteiger partial charge is 0.259 e. The van der Waals surface area contributed by atoms with Crippen LogP contribution in [0.15, 0.2) is 35.4 Å². The third-order valence-electron chi connectivity index (χ3n) is 4.90. The predicted molar refractivity (Wildman–Crippen MR) is 111 cm³/mol. The number of nitrogens with one attached hydrogen (secondary N) is 1. The zero-order chi connectivity index (χ0) is 19.8. The Labute approximate surface area is 166 Å². The molecule has 1 amide bonds. The molecular weight excluding hydrogens is 376 g/mol. The largest absolute Gasteiger partial charge is 0.392 e. The van der Waals surface area contributed by atoms with Crippen LogP contribution >= 0.6 is 11.3 Å². The Morgan fingerprint density at radius 1 is 1.43 bits per heavy atom. The Bertz CT molecular complexity index is 1100. The van der Waals surface area contributed by atoms with Gasteiger partial charge in [0.1, 0.15) is 5.82 Å². The maximum atomic E-state index is 12.7. The van der Waals surface area contributed by atoms with Crippen LogP contribution in [0.1, 0.15) is 18.2 Å². The van der Waals surface area contributed by atoms with Gasteiger partial charge in [-0.05, 0) is 30.2 Å². The third-order valence-corrected chi connectivity index (χ3v) is 6.06. The van der Waals surface area contributed by atoms with Crippen molar-refractivity contribution in [3.05, 3.63) is 45.8 Å². The molecule has 0 saturated carbocycles. The van der Waals surface area contributed by atoms with Crippen molar-refractivity contribution in [2.75, 3.05) is 18.4 Å². The molecule has 4 rings (SSSR count). The van der Waals surface area contributed by atoms with E-state index in [1.54, 1.807) is 29.1 Å². The molecule has 4 heterocycles. The summed E-state index contributed by atoms with van der Waals surface area (Å²) in [5.41, 5.74) is 1.80. The first-order valence-corrected chi connectivity index (χ1v) is 9.99. The van der Waals surface area contributed by atoms with E-state index in [9.17, 15) is 14.7 Å². The monoisotopic (exact) mass is 398 g/mol. The number of aryl methyl sites for hydroxylation is 1. The fourth-order valence-electron chi connectivity index (χ4n) is 3.61. The number of carbonyl (C=O) groups is 1. The van der Waals surface area contributed by atoms with Crippen LogP contribution in [-0.2, 0) is 18.4 Å². The topological polar surface area (TPSA) is 87.5 Å². The molecule has 2 N–H and O–H groups in total. The van der Waals surface area contributed by atoms with E-state index in [1.807, 2.05) is 24.4 Å². The number of β-amino-alcohol motifs (C(OH)–C–C–N with tert-alkyl or cyclic N) is 1. The van der Waals surface area contributed by atoms with E-state index in [-0.39, 0.29) is 17.6 Å². The van der Waals surface area contributed by atoms with Crippen molar-refractivity contribution in [3.63, 3.8) is 0 Å². The Hall–Kier alpha value is -2.55. The van der Waals surface area contributed by atoms with Crippen LogP contribution in [-0.4, -0.2) is 44.7 Å². The summed E-state index contributed by atoms with van der Waals surface area (Å²) in [6.45, 7) is 3.71. The number of likely N-dealkylation sites (tertiary alicyclic amines) is 1. The average molecular weight is 398 g/mol. The summed E-state index contributed by atoms with van der Waals surface area (Å²) in [6, 6.07) is 5.66. The minimum absolute atomic E-state index is 0.0288. The van der Waals surface area contributed by atoms with Crippen molar-refractivity contribution in [1.29, 1.82) is 0 Å². The van der Waals surface area contributed by atoms with Crippen molar-refractivity contribution in [3.8, 4) is 11.1 Å². The molecule has 146 valence electrons. The van der Waals surface area contributed by atoms with Crippen LogP contribution in [0.4, 0.5) is 5.82 Å². The van der Waals surface area contributed by atoms with E-state index in [4.69, 9.17) is 0 Å². The maximum Gasteiger partial charge on any atom is 0.259 e. The second-order valence-corrected chi connectivity index (χ2v) is 8.34. The molecule has 1 aliphatic heterocycles. The number of aliphatic hydroxyl groups excluding tert-OH is 1. The third kappa shape index (κ3) is 3.71. The van der Waals surface area contributed by atoms with Gasteiger partial charge in [0.05, 0.1) is 11.5 Å². The van der Waals surface area contributed by atoms with E-state index in [0.29, 0.717) is 17.7 Å². The van der Waals surface area contributed by atoms with Crippen LogP contribution in [0.3, 0.4) is 0 Å². The molecule has 8 heteroatoms. The van der Waals surface area contributed by atoms with Crippen LogP contribution in [0.5, 0.6) is 0 Å². The summed E-state index contributed by atoms with van der Waals surface area (Å²) in [7, 11) is 1.75. The average Bonchev–Trinajstić information content (AvgIpc) is 3.24. The van der Waals surface area contributed by atoms with Crippen molar-refractivity contribution >= 4 is 33.1 Å². The highest BCUT2D eigenvalue weighted by molar-refractivity contribution is 7.19. The maximum absolute atomic E-state index is 12.7. The molecule has 1 saturated heterocycles. The molecule has 7 nitrogen and oxygen atoms in total. The first-order chi connectivity index (χ1) is 13.4. The van der Waals surface area contributed by atoms with Crippen LogP contribution in [0, 0.1) is 0 Å². The van der Waals surface area contributed by atoms with Crippen molar-refractivity contribution < 1.29 is 9.90 Å². The lowest BCUT2D eigenvalue weighted by Gasteiger charge is -2.12. The van der Waals surface area contributed by atoms with Gasteiger partial charge in [0, 0.05) is 61.1 Å². The lowest BCUT2D eigenvalue weighted by molar-refractivity contribution is -0.114. The van der Waals surface area contributed by atoms with Gasteiger partial charge in [-0.25, -0.2) is 4.98 Å². The number of hydrogen-bond donors (Lipinski definition) is 2. The van der Waals surface area contributed by atoms with Crippen molar-refractivity contribution in [2.24, 2.45) is 7.05 Å². The number of thiophene rings is 1. The summed E-state index contributed by atoms with van der Waals surface area (Å²) in [4.78, 5) is 31.5. The summed E-state index contributed by atoms with van der Waals surface area (Å²) in [5, 5.41) is 13.1. The molecule has 1 fully saturated rings. The van der Waals surface area contributed by atoms with Gasteiger partial charge in [0.15, 0.2) is 0 Å². The molecule has 0 spiro atoms. The zero-order valence-corrected chi connectivity index (χ0v) is 16.6. The molecule has 0 bridgehead atoms. The highest BCUT2D eigenvalue weighted by Crippen LogP contribution is 2.34. The molecule has 0 radical (unpaired) electrons. The zero-order valence-electron chi connectivity index (χ0n) is 15.8. The van der Waals surface area contributed by atoms with Gasteiger partial charge in [0.2, 0.25) is 5.91 Å². The van der Waals surface area contributed by atoms with E-state index >= 15 is 0 Å². The number of pyridine rings is 2. The quantitative estimate of drug-likeness (QED) is 0.703. The first-order valence-electron chi connectivity index (χ1n) is 9.17. The molecule has 0 aromatic carbocycles. The first kappa shape index (κ1) is 18.8. The molecule has 0 aliphatic carbocycles. The number of anilines is 1. The Kier molecular flexibility index (Phi) is 5.01. The van der Waals surface area contributed by atoms with E-state index < -0.39 is 0 Å². The normalized spacial score (nSPS) is 17.3. The van der Waals surface area contributed by atoms with Gasteiger partial charge in [0.25, 0.3) is 5.56 Å². The molecule has 3 aromatic heterocycles. The summed E-state index contributed by atoms with van der Waals surface area (Å²) in [5.74, 6) is 0.302. The van der Waals surface area contributed by atoms with Gasteiger partial charge in [-0.15, -0.1) is 11.3 Å². The predicted octanol–water partition coefficient (Wildman–Crippen LogP) is 2.19. The summed E-state index contributed by atoms with van der Waals surface area (Å²) in [6.07, 6.45) is 4.01. The van der Waals surface area contributed by atoms with Crippen molar-refractivity contribution in [1.82, 2.24) is 14.5 Å². The fourth-order valence-corrected chi connectivity index (χ4v) is 4.83. The SMILES string of the molecule is CC(=O)Nc1cc(-c2cn(C)c(=O)c3cc(CN4CCC(O)C4)sc23)ccn1. The van der Waals surface area contributed by atoms with E-state index in [2.05, 4.69) is 15.2 Å². The van der Waals surface area contributed by atoms with Gasteiger partial charge in [-0.1, -0.05) is 0 Å². The molecular formula is C20H22N4O3S. The molecule has 3 aromatic rings. The minimum Gasteiger partial charge on any atom is -0.392 e. The van der Waals surface area contributed by atoms with Crippen LogP contribution < -0.4 is 10.9 Å². The molecule has 1 atom stereocenters. The number of aliphatic hydroxyl groups is 1. The number of amides is 1. The van der Waals surface area contributed by atoms with Crippen molar-refractivity contribution in [2.45, 2.75) is 26.0 Å². The number of hydrogen-bond acceptors (Lipinski definition) is 6. The van der Waals surface area contributed by atoms with Gasteiger partial charge in [-0.2, -0.15) is 0 Å². The van der Waals surface area contributed by atoms with Gasteiger partial charge in [-0.3, -0.25) is 14.5 Å². The fraction of sp³-hybridized carbons (Fsp3) is 0.350. The number of fused-ring (bicyclic) bond motifs is 1. The number of aromatic nitrogens is 2. The Morgan fingerprint density at radius 3 is 2.96 bits per heavy atom. The lowest BCUT2D eigenvalue weighted by Crippen LogP contribution is -2.20. The van der Waals surface area contributed by atoms with Gasteiger partial charge >= 0.3 is 0 Å². The summed E-state index contributed by atoms with van der Waals surface area (Å²) >= 11 is 1.61. The van der Waals surface area contributed by atoms with Gasteiger partial charge < -0.3 is 15.0 Å². The number of nitrogens with zero attached hydrogens (tertiary/aromatic N) is 3. The Balaban J connectivity index is 1.77. The highest BCUT2D eigenvalue weighted by Gasteiger charge is 2.21.